The topological polar surface area (TPSA) is 28.2 Å². The standard InChI is InChI=1S/C17H26FN3/c1-12-5-3-4-6-15(12)21(2)17-16(18)13(9-10-19-17)11-20-14-7-8-14/h9-10,12,14-15,20H,3-8,11H2,1-2H3. The molecule has 0 saturated heterocycles. The number of halogens is 1. The molecule has 1 aromatic heterocycles. The lowest BCUT2D eigenvalue weighted by Gasteiger charge is -2.37. The van der Waals surface area contributed by atoms with Gasteiger partial charge in [-0.3, -0.25) is 0 Å². The highest BCUT2D eigenvalue weighted by Gasteiger charge is 2.28. The largest absolute Gasteiger partial charge is 0.354 e. The Bertz CT molecular complexity index is 487. The van der Waals surface area contributed by atoms with E-state index in [1.807, 2.05) is 7.05 Å². The Morgan fingerprint density at radius 3 is 2.76 bits per heavy atom. The van der Waals surface area contributed by atoms with Gasteiger partial charge in [0, 0.05) is 37.4 Å². The number of rotatable bonds is 5. The van der Waals surface area contributed by atoms with E-state index in [-0.39, 0.29) is 5.82 Å². The van der Waals surface area contributed by atoms with Crippen molar-refractivity contribution in [2.24, 2.45) is 5.92 Å². The van der Waals surface area contributed by atoms with E-state index >= 15 is 0 Å². The summed E-state index contributed by atoms with van der Waals surface area (Å²) in [6.45, 7) is 2.89. The van der Waals surface area contributed by atoms with E-state index in [2.05, 4.69) is 22.1 Å². The summed E-state index contributed by atoms with van der Waals surface area (Å²) >= 11 is 0. The van der Waals surface area contributed by atoms with Gasteiger partial charge >= 0.3 is 0 Å². The Hall–Kier alpha value is -1.16. The summed E-state index contributed by atoms with van der Waals surface area (Å²) in [7, 11) is 2.00. The average Bonchev–Trinajstić information content (AvgIpc) is 3.30. The smallest absolute Gasteiger partial charge is 0.170 e. The Labute approximate surface area is 126 Å². The molecule has 0 bridgehead atoms. The van der Waals surface area contributed by atoms with E-state index in [1.54, 1.807) is 12.3 Å². The second-order valence-corrected chi connectivity index (χ2v) is 6.70. The first-order valence-corrected chi connectivity index (χ1v) is 8.26. The predicted octanol–water partition coefficient (Wildman–Crippen LogP) is 3.49. The molecule has 2 aliphatic rings. The van der Waals surface area contributed by atoms with E-state index in [4.69, 9.17) is 0 Å². The minimum absolute atomic E-state index is 0.147. The van der Waals surface area contributed by atoms with Crippen molar-refractivity contribution in [2.75, 3.05) is 11.9 Å². The Morgan fingerprint density at radius 1 is 1.29 bits per heavy atom. The molecular weight excluding hydrogens is 265 g/mol. The molecule has 116 valence electrons. The van der Waals surface area contributed by atoms with Crippen molar-refractivity contribution >= 4 is 5.82 Å². The first-order chi connectivity index (χ1) is 10.2. The van der Waals surface area contributed by atoms with Crippen LogP contribution in [0.15, 0.2) is 12.3 Å². The van der Waals surface area contributed by atoms with Gasteiger partial charge in [-0.2, -0.15) is 0 Å². The molecule has 1 aromatic rings. The van der Waals surface area contributed by atoms with E-state index < -0.39 is 0 Å². The minimum Gasteiger partial charge on any atom is -0.354 e. The van der Waals surface area contributed by atoms with Crippen LogP contribution >= 0.6 is 0 Å². The van der Waals surface area contributed by atoms with Gasteiger partial charge in [-0.15, -0.1) is 0 Å². The third-order valence-electron chi connectivity index (χ3n) is 5.01. The lowest BCUT2D eigenvalue weighted by molar-refractivity contribution is 0.319. The molecule has 2 aliphatic carbocycles. The van der Waals surface area contributed by atoms with Gasteiger partial charge in [0.05, 0.1) is 0 Å². The zero-order valence-corrected chi connectivity index (χ0v) is 13.1. The third-order valence-corrected chi connectivity index (χ3v) is 5.01. The molecule has 21 heavy (non-hydrogen) atoms. The van der Waals surface area contributed by atoms with E-state index in [0.29, 0.717) is 30.4 Å². The van der Waals surface area contributed by atoms with Gasteiger partial charge in [0.25, 0.3) is 0 Å². The van der Waals surface area contributed by atoms with Crippen LogP contribution in [0.5, 0.6) is 0 Å². The molecule has 3 nitrogen and oxygen atoms in total. The number of nitrogens with one attached hydrogen (secondary N) is 1. The van der Waals surface area contributed by atoms with Crippen LogP contribution in [0.1, 0.15) is 51.0 Å². The summed E-state index contributed by atoms with van der Waals surface area (Å²) in [5.74, 6) is 0.980. The number of aromatic nitrogens is 1. The van der Waals surface area contributed by atoms with Gasteiger partial charge in [-0.25, -0.2) is 9.37 Å². The van der Waals surface area contributed by atoms with Crippen LogP contribution in [0.2, 0.25) is 0 Å². The Kier molecular flexibility index (Phi) is 4.43. The second-order valence-electron chi connectivity index (χ2n) is 6.70. The van der Waals surface area contributed by atoms with E-state index in [0.717, 1.165) is 12.0 Å². The van der Waals surface area contributed by atoms with Gasteiger partial charge in [0.15, 0.2) is 11.6 Å². The molecule has 0 aliphatic heterocycles. The van der Waals surface area contributed by atoms with Gasteiger partial charge in [-0.1, -0.05) is 19.8 Å². The maximum Gasteiger partial charge on any atom is 0.170 e. The molecule has 2 saturated carbocycles. The molecule has 2 unspecified atom stereocenters. The summed E-state index contributed by atoms with van der Waals surface area (Å²) < 4.78 is 14.7. The van der Waals surface area contributed by atoms with Crippen molar-refractivity contribution in [3.05, 3.63) is 23.6 Å². The lowest BCUT2D eigenvalue weighted by Crippen LogP contribution is -2.40. The monoisotopic (exact) mass is 291 g/mol. The van der Waals surface area contributed by atoms with Crippen LogP contribution in [0.25, 0.3) is 0 Å². The van der Waals surface area contributed by atoms with E-state index in [9.17, 15) is 4.39 Å². The quantitative estimate of drug-likeness (QED) is 0.900. The molecule has 0 spiro atoms. The molecule has 0 radical (unpaired) electrons. The first kappa shape index (κ1) is 14.8. The van der Waals surface area contributed by atoms with Crippen molar-refractivity contribution in [3.8, 4) is 0 Å². The van der Waals surface area contributed by atoms with E-state index in [1.165, 1.54) is 32.1 Å². The van der Waals surface area contributed by atoms with Gasteiger partial charge in [-0.05, 0) is 37.7 Å². The molecule has 1 N–H and O–H groups in total. The molecule has 2 fully saturated rings. The number of nitrogens with zero attached hydrogens (tertiary/aromatic N) is 2. The SMILES string of the molecule is CC1CCCCC1N(C)c1nccc(CNC2CC2)c1F. The molecule has 4 heteroatoms. The number of pyridine rings is 1. The maximum absolute atomic E-state index is 14.7. The fourth-order valence-corrected chi connectivity index (χ4v) is 3.42. The molecular formula is C17H26FN3. The number of anilines is 1. The van der Waals surface area contributed by atoms with Crippen LogP contribution in [0.3, 0.4) is 0 Å². The lowest BCUT2D eigenvalue weighted by atomic mass is 9.85. The Balaban J connectivity index is 1.74. The zero-order chi connectivity index (χ0) is 14.8. The number of hydrogen-bond acceptors (Lipinski definition) is 3. The molecule has 3 rings (SSSR count). The Morgan fingerprint density at radius 2 is 2.05 bits per heavy atom. The highest BCUT2D eigenvalue weighted by molar-refractivity contribution is 5.43. The molecule has 0 amide bonds. The van der Waals surface area contributed by atoms with Gasteiger partial charge < -0.3 is 10.2 Å². The minimum atomic E-state index is -0.147. The summed E-state index contributed by atoms with van der Waals surface area (Å²) in [4.78, 5) is 6.38. The van der Waals surface area contributed by atoms with Crippen molar-refractivity contribution in [2.45, 2.75) is 64.1 Å². The molecule has 0 aromatic carbocycles. The summed E-state index contributed by atoms with van der Waals surface area (Å²) in [6.07, 6.45) is 9.10. The van der Waals surface area contributed by atoms with Crippen LogP contribution in [0.4, 0.5) is 10.2 Å². The third kappa shape index (κ3) is 3.37. The van der Waals surface area contributed by atoms with Crippen molar-refractivity contribution in [1.29, 1.82) is 0 Å². The van der Waals surface area contributed by atoms with Crippen LogP contribution < -0.4 is 10.2 Å². The van der Waals surface area contributed by atoms with Crippen LogP contribution in [-0.2, 0) is 6.54 Å². The zero-order valence-electron chi connectivity index (χ0n) is 13.1. The summed E-state index contributed by atoms with van der Waals surface area (Å²) in [5, 5.41) is 3.38. The predicted molar refractivity (Wildman–Crippen MR) is 83.9 cm³/mol. The molecule has 2 atom stereocenters. The van der Waals surface area contributed by atoms with Crippen LogP contribution in [0, 0.1) is 11.7 Å². The van der Waals surface area contributed by atoms with Crippen molar-refractivity contribution < 1.29 is 4.39 Å². The van der Waals surface area contributed by atoms with Crippen molar-refractivity contribution in [1.82, 2.24) is 10.3 Å². The molecule has 1 heterocycles. The number of hydrogen-bond donors (Lipinski definition) is 1. The van der Waals surface area contributed by atoms with Gasteiger partial charge in [0.2, 0.25) is 0 Å². The average molecular weight is 291 g/mol. The fourth-order valence-electron chi connectivity index (χ4n) is 3.42. The van der Waals surface area contributed by atoms with Crippen LogP contribution in [-0.4, -0.2) is 24.1 Å². The maximum atomic E-state index is 14.7. The highest BCUT2D eigenvalue weighted by atomic mass is 19.1. The second kappa shape index (κ2) is 6.30. The fraction of sp³-hybridized carbons (Fsp3) is 0.706. The normalized spacial score (nSPS) is 25.9. The van der Waals surface area contributed by atoms with Crippen molar-refractivity contribution in [3.63, 3.8) is 0 Å². The first-order valence-electron chi connectivity index (χ1n) is 8.26. The summed E-state index contributed by atoms with van der Waals surface area (Å²) in [5.41, 5.74) is 0.738. The summed E-state index contributed by atoms with van der Waals surface area (Å²) in [6, 6.07) is 2.80. The van der Waals surface area contributed by atoms with Gasteiger partial charge in [0.1, 0.15) is 0 Å². The highest BCUT2D eigenvalue weighted by Crippen LogP contribution is 2.31.